The summed E-state index contributed by atoms with van der Waals surface area (Å²) >= 11 is 12.4. The van der Waals surface area contributed by atoms with E-state index < -0.39 is 0 Å². The second-order valence-electron chi connectivity index (χ2n) is 5.30. The summed E-state index contributed by atoms with van der Waals surface area (Å²) in [7, 11) is 0. The summed E-state index contributed by atoms with van der Waals surface area (Å²) in [6.07, 6.45) is 2.09. The zero-order valence-corrected chi connectivity index (χ0v) is 14.5. The number of nitrogens with two attached hydrogens (primary N) is 1. The number of nitriles is 1. The number of hydrogen-bond acceptors (Lipinski definition) is 5. The summed E-state index contributed by atoms with van der Waals surface area (Å²) in [4.78, 5) is 8.55. The topological polar surface area (TPSA) is 87.6 Å². The number of anilines is 3. The van der Waals surface area contributed by atoms with Gasteiger partial charge in [0.2, 0.25) is 5.95 Å². The molecule has 0 radical (unpaired) electrons. The van der Waals surface area contributed by atoms with Gasteiger partial charge in [-0.15, -0.1) is 0 Å². The van der Waals surface area contributed by atoms with Crippen LogP contribution in [0.3, 0.4) is 0 Å². The maximum Gasteiger partial charge on any atom is 0.229 e. The van der Waals surface area contributed by atoms with Gasteiger partial charge in [-0.05, 0) is 42.0 Å². The molecule has 1 aromatic heterocycles. The van der Waals surface area contributed by atoms with Crippen LogP contribution in [0.5, 0.6) is 0 Å². The van der Waals surface area contributed by atoms with Crippen molar-refractivity contribution in [1.82, 2.24) is 9.97 Å². The molecule has 7 heteroatoms. The van der Waals surface area contributed by atoms with Crippen molar-refractivity contribution < 1.29 is 0 Å². The lowest BCUT2D eigenvalue weighted by Crippen LogP contribution is -2.05. The van der Waals surface area contributed by atoms with Gasteiger partial charge in [0, 0.05) is 33.9 Å². The third kappa shape index (κ3) is 4.00. The Kier molecular flexibility index (Phi) is 5.03. The number of aromatic nitrogens is 2. The Morgan fingerprint density at radius 1 is 1.08 bits per heavy atom. The molecule has 3 N–H and O–H groups in total. The number of nitrogens with one attached hydrogen (secondary N) is 1. The maximum absolute atomic E-state index is 8.81. The van der Waals surface area contributed by atoms with Gasteiger partial charge >= 0.3 is 0 Å². The maximum atomic E-state index is 8.81. The van der Waals surface area contributed by atoms with E-state index in [0.29, 0.717) is 33.8 Å². The summed E-state index contributed by atoms with van der Waals surface area (Å²) in [5.74, 6) is 0.721. The molecule has 2 aromatic carbocycles. The van der Waals surface area contributed by atoms with E-state index in [4.69, 9.17) is 34.2 Å². The average molecular weight is 370 g/mol. The van der Waals surface area contributed by atoms with Gasteiger partial charge in [0.15, 0.2) is 0 Å². The molecule has 3 rings (SSSR count). The first kappa shape index (κ1) is 17.0. The number of benzene rings is 2. The standard InChI is InChI=1S/C18H13Cl2N5/c19-15-2-1-3-16(20)14(15)8-12-10-23-18(25-17(12)22)24-13-6-4-11(9-21)5-7-13/h1-7,10H,8H2,(H3,22,23,24,25). The van der Waals surface area contributed by atoms with E-state index in [9.17, 15) is 0 Å². The first-order valence-electron chi connectivity index (χ1n) is 7.38. The molecular formula is C18H13Cl2N5. The van der Waals surface area contributed by atoms with Gasteiger partial charge in [-0.2, -0.15) is 10.2 Å². The molecule has 0 saturated carbocycles. The zero-order chi connectivity index (χ0) is 17.8. The molecule has 1 heterocycles. The van der Waals surface area contributed by atoms with Crippen LogP contribution in [-0.2, 0) is 6.42 Å². The highest BCUT2D eigenvalue weighted by molar-refractivity contribution is 6.36. The lowest BCUT2D eigenvalue weighted by atomic mass is 10.1. The monoisotopic (exact) mass is 369 g/mol. The summed E-state index contributed by atoms with van der Waals surface area (Å²) in [6.45, 7) is 0. The molecule has 0 unspecified atom stereocenters. The van der Waals surface area contributed by atoms with Crippen LogP contribution in [0.15, 0.2) is 48.7 Å². The average Bonchev–Trinajstić information content (AvgIpc) is 2.60. The van der Waals surface area contributed by atoms with Crippen LogP contribution >= 0.6 is 23.2 Å². The van der Waals surface area contributed by atoms with Gasteiger partial charge in [-0.3, -0.25) is 0 Å². The van der Waals surface area contributed by atoms with Crippen molar-refractivity contribution in [3.63, 3.8) is 0 Å². The molecule has 0 bridgehead atoms. The van der Waals surface area contributed by atoms with Crippen LogP contribution in [-0.4, -0.2) is 9.97 Å². The van der Waals surface area contributed by atoms with Crippen molar-refractivity contribution in [2.45, 2.75) is 6.42 Å². The van der Waals surface area contributed by atoms with Crippen molar-refractivity contribution in [1.29, 1.82) is 5.26 Å². The van der Waals surface area contributed by atoms with E-state index in [1.807, 2.05) is 0 Å². The molecule has 0 aliphatic rings. The molecule has 0 amide bonds. The van der Waals surface area contributed by atoms with Crippen molar-refractivity contribution >= 4 is 40.7 Å². The van der Waals surface area contributed by atoms with Crippen LogP contribution in [0.1, 0.15) is 16.7 Å². The summed E-state index contributed by atoms with van der Waals surface area (Å²) in [5.41, 5.74) is 8.92. The third-order valence-corrected chi connectivity index (χ3v) is 4.31. The van der Waals surface area contributed by atoms with E-state index >= 15 is 0 Å². The number of rotatable bonds is 4. The molecule has 0 spiro atoms. The molecule has 0 atom stereocenters. The zero-order valence-electron chi connectivity index (χ0n) is 13.0. The van der Waals surface area contributed by atoms with Crippen LogP contribution in [0.2, 0.25) is 10.0 Å². The fourth-order valence-electron chi connectivity index (χ4n) is 2.27. The van der Waals surface area contributed by atoms with Gasteiger partial charge in [-0.1, -0.05) is 29.3 Å². The van der Waals surface area contributed by atoms with Crippen LogP contribution in [0, 0.1) is 11.3 Å². The highest BCUT2D eigenvalue weighted by Gasteiger charge is 2.11. The normalized spacial score (nSPS) is 10.3. The van der Waals surface area contributed by atoms with Gasteiger partial charge in [0.1, 0.15) is 5.82 Å². The second-order valence-corrected chi connectivity index (χ2v) is 6.11. The smallest absolute Gasteiger partial charge is 0.229 e. The molecule has 5 nitrogen and oxygen atoms in total. The Labute approximate surface area is 155 Å². The second kappa shape index (κ2) is 7.39. The SMILES string of the molecule is N#Cc1ccc(Nc2ncc(Cc3c(Cl)cccc3Cl)c(N)n2)cc1. The van der Waals surface area contributed by atoms with Gasteiger partial charge in [-0.25, -0.2) is 4.98 Å². The Balaban J connectivity index is 1.80. The van der Waals surface area contributed by atoms with Gasteiger partial charge in [0.05, 0.1) is 11.6 Å². The van der Waals surface area contributed by atoms with Crippen molar-refractivity contribution in [3.05, 3.63) is 75.4 Å². The third-order valence-electron chi connectivity index (χ3n) is 3.60. The van der Waals surface area contributed by atoms with E-state index in [2.05, 4.69) is 21.4 Å². The molecule has 0 aliphatic heterocycles. The first-order chi connectivity index (χ1) is 12.1. The Morgan fingerprint density at radius 2 is 1.76 bits per heavy atom. The van der Waals surface area contributed by atoms with Crippen LogP contribution in [0.25, 0.3) is 0 Å². The lowest BCUT2D eigenvalue weighted by molar-refractivity contribution is 1.08. The lowest BCUT2D eigenvalue weighted by Gasteiger charge is -2.10. The molecule has 0 aliphatic carbocycles. The van der Waals surface area contributed by atoms with Crippen molar-refractivity contribution in [3.8, 4) is 6.07 Å². The highest BCUT2D eigenvalue weighted by atomic mass is 35.5. The molecule has 124 valence electrons. The van der Waals surface area contributed by atoms with Crippen LogP contribution < -0.4 is 11.1 Å². The summed E-state index contributed by atoms with van der Waals surface area (Å²) < 4.78 is 0. The summed E-state index contributed by atoms with van der Waals surface area (Å²) in [5, 5.41) is 13.0. The largest absolute Gasteiger partial charge is 0.383 e. The molecule has 3 aromatic rings. The first-order valence-corrected chi connectivity index (χ1v) is 8.14. The minimum absolute atomic E-state index is 0.349. The van der Waals surface area contributed by atoms with Crippen molar-refractivity contribution in [2.75, 3.05) is 11.1 Å². The number of halogens is 2. The minimum Gasteiger partial charge on any atom is -0.383 e. The fourth-order valence-corrected chi connectivity index (χ4v) is 2.80. The molecule has 25 heavy (non-hydrogen) atoms. The number of nitrogens with zero attached hydrogens (tertiary/aromatic N) is 3. The van der Waals surface area contributed by atoms with E-state index in [0.717, 1.165) is 16.8 Å². The molecular weight excluding hydrogens is 357 g/mol. The summed E-state index contributed by atoms with van der Waals surface area (Å²) in [6, 6.07) is 14.4. The van der Waals surface area contributed by atoms with Gasteiger partial charge in [0.25, 0.3) is 0 Å². The minimum atomic E-state index is 0.349. The Hall–Kier alpha value is -2.81. The Bertz CT molecular complexity index is 928. The predicted octanol–water partition coefficient (Wildman–Crippen LogP) is 4.57. The molecule has 0 fully saturated rings. The van der Waals surface area contributed by atoms with E-state index in [1.165, 1.54) is 0 Å². The predicted molar refractivity (Wildman–Crippen MR) is 100 cm³/mol. The fraction of sp³-hybridized carbons (Fsp3) is 0.0556. The number of hydrogen-bond donors (Lipinski definition) is 2. The Morgan fingerprint density at radius 3 is 2.36 bits per heavy atom. The van der Waals surface area contributed by atoms with Crippen LogP contribution in [0.4, 0.5) is 17.5 Å². The van der Waals surface area contributed by atoms with E-state index in [-0.39, 0.29) is 0 Å². The quantitative estimate of drug-likeness (QED) is 0.702. The highest BCUT2D eigenvalue weighted by Crippen LogP contribution is 2.28. The van der Waals surface area contributed by atoms with Crippen molar-refractivity contribution in [2.24, 2.45) is 0 Å². The van der Waals surface area contributed by atoms with Gasteiger partial charge < -0.3 is 11.1 Å². The van der Waals surface area contributed by atoms with E-state index in [1.54, 1.807) is 48.7 Å². The number of nitrogen functional groups attached to an aromatic ring is 1. The molecule has 0 saturated heterocycles.